The van der Waals surface area contributed by atoms with Crippen LogP contribution in [0.25, 0.3) is 0 Å². The minimum absolute atomic E-state index is 0.0701. The zero-order chi connectivity index (χ0) is 65.3. The van der Waals surface area contributed by atoms with Crippen molar-refractivity contribution in [1.29, 1.82) is 0 Å². The fraction of sp³-hybridized carbons (Fsp3) is 0.592. The SMILES string of the molecule is CC/C=C\C/C=C\C/C=C\C/C=C\C/C=C\CCCCCC(=O)OCC(O)COP(=O)(O)OCC(O)COP(=O)(O)OCC(COC(=O)CCCCC/C=C\C/C=C\C/C=C\C/C=C\C/C=C\CC)OC(=O)CCCCCCC/C=C\C/C=C\C/C=C\CC. The topological polar surface area (TPSA) is 231 Å². The number of esters is 3. The third-order valence-electron chi connectivity index (χ3n) is 12.7. The van der Waals surface area contributed by atoms with E-state index in [4.69, 9.17) is 32.3 Å². The molecule has 18 heteroatoms. The normalized spacial score (nSPS) is 15.3. The van der Waals surface area contributed by atoms with Crippen LogP contribution in [0.4, 0.5) is 0 Å². The summed E-state index contributed by atoms with van der Waals surface area (Å²) in [6.07, 6.45) is 75.8. The number of phosphoric acid groups is 2. The summed E-state index contributed by atoms with van der Waals surface area (Å²) in [5.74, 6) is -1.68. The van der Waals surface area contributed by atoms with Crippen molar-refractivity contribution in [2.75, 3.05) is 39.6 Å². The Bertz CT molecular complexity index is 2250. The fourth-order valence-corrected chi connectivity index (χ4v) is 9.40. The molecule has 5 unspecified atom stereocenters. The Hall–Kier alpha value is -4.83. The van der Waals surface area contributed by atoms with Gasteiger partial charge in [-0.2, -0.15) is 0 Å². The van der Waals surface area contributed by atoms with E-state index in [-0.39, 0.29) is 19.3 Å². The first-order valence-corrected chi connectivity index (χ1v) is 35.8. The van der Waals surface area contributed by atoms with E-state index in [0.29, 0.717) is 19.3 Å². The van der Waals surface area contributed by atoms with Gasteiger partial charge in [0, 0.05) is 19.3 Å². The number of carbonyl (C=O) groups excluding carboxylic acids is 3. The van der Waals surface area contributed by atoms with Gasteiger partial charge in [-0.25, -0.2) is 9.13 Å². The molecule has 4 N–H and O–H groups in total. The highest BCUT2D eigenvalue weighted by Gasteiger charge is 2.29. The lowest BCUT2D eigenvalue weighted by Crippen LogP contribution is -2.30. The van der Waals surface area contributed by atoms with E-state index in [9.17, 15) is 43.5 Å². The van der Waals surface area contributed by atoms with Crippen molar-refractivity contribution in [3.63, 3.8) is 0 Å². The van der Waals surface area contributed by atoms with Crippen LogP contribution >= 0.6 is 15.6 Å². The quantitative estimate of drug-likeness (QED) is 0.0146. The molecular formula is C71H114O16P2. The van der Waals surface area contributed by atoms with Gasteiger partial charge >= 0.3 is 33.6 Å². The Kier molecular flexibility index (Phi) is 59.9. The molecule has 0 bridgehead atoms. The molecule has 0 aromatic heterocycles. The number of ether oxygens (including phenoxy) is 3. The van der Waals surface area contributed by atoms with E-state index in [1.807, 2.05) is 0 Å². The summed E-state index contributed by atoms with van der Waals surface area (Å²) in [5, 5.41) is 20.5. The number of hydrogen-bond donors (Lipinski definition) is 4. The maximum absolute atomic E-state index is 12.9. The number of allylic oxidation sites excluding steroid dienone is 26. The molecule has 0 spiro atoms. The average Bonchev–Trinajstić information content (AvgIpc) is 3.54. The number of unbranched alkanes of at least 4 members (excludes halogenated alkanes) is 11. The predicted molar refractivity (Wildman–Crippen MR) is 362 cm³/mol. The molecular weight excluding hydrogens is 1170 g/mol. The van der Waals surface area contributed by atoms with Crippen molar-refractivity contribution >= 4 is 33.6 Å². The smallest absolute Gasteiger partial charge is 0.463 e. The molecule has 0 saturated heterocycles. The summed E-state index contributed by atoms with van der Waals surface area (Å²) in [5.41, 5.74) is 0. The third kappa shape index (κ3) is 64.5. The molecule has 0 aromatic rings. The van der Waals surface area contributed by atoms with Gasteiger partial charge in [-0.3, -0.25) is 32.5 Å². The molecule has 504 valence electrons. The van der Waals surface area contributed by atoms with Gasteiger partial charge < -0.3 is 34.2 Å². The zero-order valence-corrected chi connectivity index (χ0v) is 56.1. The van der Waals surface area contributed by atoms with E-state index in [2.05, 4.69) is 179 Å². The number of hydrogen-bond acceptors (Lipinski definition) is 14. The highest BCUT2D eigenvalue weighted by Crippen LogP contribution is 2.45. The average molecular weight is 1290 g/mol. The molecule has 0 aliphatic carbocycles. The first kappa shape index (κ1) is 84.2. The lowest BCUT2D eigenvalue weighted by molar-refractivity contribution is -0.161. The third-order valence-corrected chi connectivity index (χ3v) is 14.6. The molecule has 0 heterocycles. The van der Waals surface area contributed by atoms with E-state index in [1.54, 1.807) is 0 Å². The fourth-order valence-electron chi connectivity index (χ4n) is 7.81. The summed E-state index contributed by atoms with van der Waals surface area (Å²) in [6, 6.07) is 0. The molecule has 0 radical (unpaired) electrons. The summed E-state index contributed by atoms with van der Waals surface area (Å²) in [6.45, 7) is 2.18. The van der Waals surface area contributed by atoms with E-state index in [1.165, 1.54) is 0 Å². The zero-order valence-electron chi connectivity index (χ0n) is 54.3. The summed E-state index contributed by atoms with van der Waals surface area (Å²) < 4.78 is 60.7. The molecule has 0 saturated carbocycles. The first-order valence-electron chi connectivity index (χ1n) is 32.8. The Morgan fingerprint density at radius 3 is 0.899 bits per heavy atom. The second-order valence-corrected chi connectivity index (χ2v) is 24.0. The largest absolute Gasteiger partial charge is 0.472 e. The van der Waals surface area contributed by atoms with Crippen LogP contribution in [0, 0.1) is 0 Å². The van der Waals surface area contributed by atoms with Crippen LogP contribution in [0.2, 0.25) is 0 Å². The van der Waals surface area contributed by atoms with Gasteiger partial charge in [0.05, 0.1) is 26.4 Å². The van der Waals surface area contributed by atoms with Gasteiger partial charge in [-0.15, -0.1) is 0 Å². The second-order valence-electron chi connectivity index (χ2n) is 21.1. The van der Waals surface area contributed by atoms with Crippen LogP contribution in [0.1, 0.15) is 213 Å². The van der Waals surface area contributed by atoms with Crippen LogP contribution in [-0.2, 0) is 55.8 Å². The molecule has 16 nitrogen and oxygen atoms in total. The van der Waals surface area contributed by atoms with Crippen LogP contribution in [0.5, 0.6) is 0 Å². The Morgan fingerprint density at radius 2 is 0.562 bits per heavy atom. The van der Waals surface area contributed by atoms with Gasteiger partial charge in [0.2, 0.25) is 0 Å². The number of rotatable bonds is 60. The molecule has 0 fully saturated rings. The Balaban J connectivity index is 4.79. The van der Waals surface area contributed by atoms with Gasteiger partial charge in [0.25, 0.3) is 0 Å². The Labute approximate surface area is 536 Å². The minimum Gasteiger partial charge on any atom is -0.463 e. The van der Waals surface area contributed by atoms with Crippen molar-refractivity contribution in [2.45, 2.75) is 232 Å². The van der Waals surface area contributed by atoms with Gasteiger partial charge in [-0.05, 0) is 141 Å². The first-order chi connectivity index (χ1) is 43.2. The maximum atomic E-state index is 12.9. The standard InChI is InChI=1S/C71H114O16P2/c1-4-7-10-13-16-19-22-25-28-30-32-34-37-39-42-45-48-51-54-57-69(74)81-60-66(72)61-83-88(77,78)84-62-67(73)63-85-89(79,80)86-65-68(87-71(76)59-56-53-50-47-44-41-36-27-24-21-18-15-12-9-6-3)64-82-70(75)58-55-52-49-46-43-40-38-35-33-31-29-26-23-20-17-14-11-8-5-2/h7-12,16-21,25-29,32-36,39-40,42-43,66-68,72-73H,4-6,13-15,22-24,30-31,37-38,41,44-65H2,1-3H3,(H,77,78)(H,79,80)/b10-7-,11-8-,12-9-,19-16-,20-17-,21-18-,28-25-,29-26-,34-32-,35-33-,36-27-,42-39-,43-40-. The summed E-state index contributed by atoms with van der Waals surface area (Å²) in [7, 11) is -9.81. The van der Waals surface area contributed by atoms with Crippen LogP contribution in [0.3, 0.4) is 0 Å². The van der Waals surface area contributed by atoms with Crippen molar-refractivity contribution in [3.8, 4) is 0 Å². The maximum Gasteiger partial charge on any atom is 0.472 e. The predicted octanol–water partition coefficient (Wildman–Crippen LogP) is 18.0. The lowest BCUT2D eigenvalue weighted by atomic mass is 10.1. The van der Waals surface area contributed by atoms with Gasteiger partial charge in [0.1, 0.15) is 25.4 Å². The number of phosphoric ester groups is 2. The molecule has 0 aliphatic heterocycles. The number of aliphatic hydroxyl groups is 2. The molecule has 89 heavy (non-hydrogen) atoms. The van der Waals surface area contributed by atoms with Gasteiger partial charge in [0.15, 0.2) is 6.10 Å². The van der Waals surface area contributed by atoms with Crippen LogP contribution in [-0.4, -0.2) is 95.9 Å². The van der Waals surface area contributed by atoms with Gasteiger partial charge in [-0.1, -0.05) is 211 Å². The molecule has 0 amide bonds. The molecule has 0 rings (SSSR count). The molecule has 5 atom stereocenters. The van der Waals surface area contributed by atoms with Crippen LogP contribution < -0.4 is 0 Å². The van der Waals surface area contributed by atoms with Crippen LogP contribution in [0.15, 0.2) is 158 Å². The van der Waals surface area contributed by atoms with Crippen molar-refractivity contribution in [3.05, 3.63) is 158 Å². The van der Waals surface area contributed by atoms with E-state index >= 15 is 0 Å². The van der Waals surface area contributed by atoms with Crippen molar-refractivity contribution < 1.29 is 75.8 Å². The number of carbonyl (C=O) groups is 3. The highest BCUT2D eigenvalue weighted by molar-refractivity contribution is 7.47. The van der Waals surface area contributed by atoms with Crippen molar-refractivity contribution in [1.82, 2.24) is 0 Å². The summed E-state index contributed by atoms with van der Waals surface area (Å²) >= 11 is 0. The number of aliphatic hydroxyl groups excluding tert-OH is 2. The lowest BCUT2D eigenvalue weighted by Gasteiger charge is -2.21. The van der Waals surface area contributed by atoms with Crippen molar-refractivity contribution in [2.24, 2.45) is 0 Å². The van der Waals surface area contributed by atoms with E-state index < -0.39 is 91.5 Å². The Morgan fingerprint density at radius 1 is 0.315 bits per heavy atom. The minimum atomic E-state index is -4.95. The summed E-state index contributed by atoms with van der Waals surface area (Å²) in [4.78, 5) is 58.3. The highest BCUT2D eigenvalue weighted by atomic mass is 31.2. The second kappa shape index (κ2) is 63.3. The monoisotopic (exact) mass is 1280 g/mol. The van der Waals surface area contributed by atoms with E-state index in [0.717, 1.165) is 154 Å². The molecule has 0 aliphatic rings. The molecule has 0 aromatic carbocycles.